The SMILES string of the molecule is CN=C(NCc1ccc(C#N)cc1)NCc1ccc(F)c(C)c1. The lowest BCUT2D eigenvalue weighted by Crippen LogP contribution is -2.36. The van der Waals surface area contributed by atoms with Crippen LogP contribution >= 0.6 is 0 Å². The highest BCUT2D eigenvalue weighted by molar-refractivity contribution is 5.79. The second-order valence-electron chi connectivity index (χ2n) is 5.17. The molecule has 118 valence electrons. The van der Waals surface area contributed by atoms with Crippen molar-refractivity contribution in [3.05, 3.63) is 70.5 Å². The zero-order chi connectivity index (χ0) is 16.7. The van der Waals surface area contributed by atoms with Gasteiger partial charge >= 0.3 is 0 Å². The van der Waals surface area contributed by atoms with E-state index >= 15 is 0 Å². The van der Waals surface area contributed by atoms with E-state index in [1.165, 1.54) is 6.07 Å². The Balaban J connectivity index is 1.87. The van der Waals surface area contributed by atoms with Crippen molar-refractivity contribution in [3.8, 4) is 6.07 Å². The number of benzene rings is 2. The molecule has 0 bridgehead atoms. The summed E-state index contributed by atoms with van der Waals surface area (Å²) < 4.78 is 13.2. The molecule has 0 saturated heterocycles. The largest absolute Gasteiger partial charge is 0.352 e. The molecule has 0 amide bonds. The van der Waals surface area contributed by atoms with Crippen LogP contribution in [0.25, 0.3) is 0 Å². The van der Waals surface area contributed by atoms with Gasteiger partial charge in [-0.1, -0.05) is 24.3 Å². The summed E-state index contributed by atoms with van der Waals surface area (Å²) in [7, 11) is 1.70. The molecule has 23 heavy (non-hydrogen) atoms. The number of nitrogens with one attached hydrogen (secondary N) is 2. The lowest BCUT2D eigenvalue weighted by atomic mass is 10.1. The summed E-state index contributed by atoms with van der Waals surface area (Å²) in [4.78, 5) is 4.16. The second kappa shape index (κ2) is 7.95. The van der Waals surface area contributed by atoms with E-state index in [9.17, 15) is 4.39 Å². The number of aryl methyl sites for hydroxylation is 1. The van der Waals surface area contributed by atoms with Crippen molar-refractivity contribution in [2.45, 2.75) is 20.0 Å². The molecule has 2 N–H and O–H groups in total. The van der Waals surface area contributed by atoms with Crippen LogP contribution in [0.15, 0.2) is 47.5 Å². The summed E-state index contributed by atoms with van der Waals surface area (Å²) >= 11 is 0. The first-order valence-corrected chi connectivity index (χ1v) is 7.31. The van der Waals surface area contributed by atoms with Gasteiger partial charge in [0.2, 0.25) is 0 Å². The molecule has 0 spiro atoms. The number of nitriles is 1. The summed E-state index contributed by atoms with van der Waals surface area (Å²) in [5.41, 5.74) is 3.32. The minimum Gasteiger partial charge on any atom is -0.352 e. The fourth-order valence-corrected chi connectivity index (χ4v) is 2.11. The van der Waals surface area contributed by atoms with E-state index < -0.39 is 0 Å². The van der Waals surface area contributed by atoms with Crippen LogP contribution in [0.3, 0.4) is 0 Å². The highest BCUT2D eigenvalue weighted by Crippen LogP contribution is 2.09. The highest BCUT2D eigenvalue weighted by Gasteiger charge is 2.02. The minimum atomic E-state index is -0.197. The van der Waals surface area contributed by atoms with Crippen molar-refractivity contribution in [1.82, 2.24) is 10.6 Å². The van der Waals surface area contributed by atoms with Crippen molar-refractivity contribution < 1.29 is 4.39 Å². The average Bonchev–Trinajstić information content (AvgIpc) is 2.58. The van der Waals surface area contributed by atoms with Crippen molar-refractivity contribution in [3.63, 3.8) is 0 Å². The van der Waals surface area contributed by atoms with Crippen LogP contribution in [0.2, 0.25) is 0 Å². The first-order chi connectivity index (χ1) is 11.1. The monoisotopic (exact) mass is 310 g/mol. The van der Waals surface area contributed by atoms with Crippen LogP contribution in [-0.4, -0.2) is 13.0 Å². The van der Waals surface area contributed by atoms with Crippen molar-refractivity contribution in [2.24, 2.45) is 4.99 Å². The Kier molecular flexibility index (Phi) is 5.70. The van der Waals surface area contributed by atoms with Crippen LogP contribution in [0.5, 0.6) is 0 Å². The molecule has 0 unspecified atom stereocenters. The van der Waals surface area contributed by atoms with Crippen LogP contribution in [0, 0.1) is 24.1 Å². The zero-order valence-corrected chi connectivity index (χ0v) is 13.2. The molecule has 2 aromatic carbocycles. The van der Waals surface area contributed by atoms with Crippen LogP contribution in [0.1, 0.15) is 22.3 Å². The van der Waals surface area contributed by atoms with Crippen molar-refractivity contribution in [1.29, 1.82) is 5.26 Å². The molecular weight excluding hydrogens is 291 g/mol. The molecule has 0 radical (unpaired) electrons. The van der Waals surface area contributed by atoms with Crippen LogP contribution < -0.4 is 10.6 Å². The molecular formula is C18H19FN4. The molecule has 5 heteroatoms. The molecule has 0 heterocycles. The minimum absolute atomic E-state index is 0.197. The Labute approximate surface area is 135 Å². The Bertz CT molecular complexity index is 730. The Hall–Kier alpha value is -2.87. The van der Waals surface area contributed by atoms with Crippen molar-refractivity contribution in [2.75, 3.05) is 7.05 Å². The van der Waals surface area contributed by atoms with Gasteiger partial charge in [0.25, 0.3) is 0 Å². The Morgan fingerprint density at radius 3 is 2.26 bits per heavy atom. The average molecular weight is 310 g/mol. The number of hydrogen-bond acceptors (Lipinski definition) is 2. The van der Waals surface area contributed by atoms with E-state index in [4.69, 9.17) is 5.26 Å². The quantitative estimate of drug-likeness (QED) is 0.674. The smallest absolute Gasteiger partial charge is 0.191 e. The van der Waals surface area contributed by atoms with E-state index in [0.29, 0.717) is 30.2 Å². The van der Waals surface area contributed by atoms with E-state index in [1.54, 1.807) is 32.2 Å². The number of guanidine groups is 1. The molecule has 0 aliphatic heterocycles. The van der Waals surface area contributed by atoms with Crippen LogP contribution in [-0.2, 0) is 13.1 Å². The summed E-state index contributed by atoms with van der Waals surface area (Å²) in [5.74, 6) is 0.466. The Morgan fingerprint density at radius 1 is 1.09 bits per heavy atom. The normalized spacial score (nSPS) is 11.0. The highest BCUT2D eigenvalue weighted by atomic mass is 19.1. The van der Waals surface area contributed by atoms with Gasteiger partial charge < -0.3 is 10.6 Å². The van der Waals surface area contributed by atoms with Gasteiger partial charge in [-0.15, -0.1) is 0 Å². The summed E-state index contributed by atoms with van der Waals surface area (Å²) in [6.07, 6.45) is 0. The van der Waals surface area contributed by atoms with Crippen molar-refractivity contribution >= 4 is 5.96 Å². The van der Waals surface area contributed by atoms with Gasteiger partial charge in [0.1, 0.15) is 5.82 Å². The van der Waals surface area contributed by atoms with Gasteiger partial charge in [-0.05, 0) is 41.8 Å². The second-order valence-corrected chi connectivity index (χ2v) is 5.17. The number of nitrogens with zero attached hydrogens (tertiary/aromatic N) is 2. The molecule has 0 fully saturated rings. The van der Waals surface area contributed by atoms with Gasteiger partial charge in [-0.3, -0.25) is 4.99 Å². The van der Waals surface area contributed by atoms with Gasteiger partial charge in [0.15, 0.2) is 5.96 Å². The molecule has 0 atom stereocenters. The molecule has 4 nitrogen and oxygen atoms in total. The molecule has 0 saturated carbocycles. The predicted molar refractivity (Wildman–Crippen MR) is 89.3 cm³/mol. The van der Waals surface area contributed by atoms with Gasteiger partial charge in [0, 0.05) is 20.1 Å². The molecule has 0 aliphatic rings. The first-order valence-electron chi connectivity index (χ1n) is 7.31. The fourth-order valence-electron chi connectivity index (χ4n) is 2.11. The third-order valence-electron chi connectivity index (χ3n) is 3.45. The topological polar surface area (TPSA) is 60.2 Å². The standard InChI is InChI=1S/C18H19FN4/c1-13-9-16(7-8-17(13)19)12-23-18(21-2)22-11-15-5-3-14(10-20)4-6-15/h3-9H,11-12H2,1-2H3,(H2,21,22,23). The molecule has 0 aromatic heterocycles. The third-order valence-corrected chi connectivity index (χ3v) is 3.45. The fraction of sp³-hybridized carbons (Fsp3) is 0.222. The lowest BCUT2D eigenvalue weighted by molar-refractivity contribution is 0.617. The molecule has 0 aliphatic carbocycles. The van der Waals surface area contributed by atoms with Gasteiger partial charge in [-0.2, -0.15) is 5.26 Å². The predicted octanol–water partition coefficient (Wildman–Crippen LogP) is 2.87. The Morgan fingerprint density at radius 2 is 1.70 bits per heavy atom. The van der Waals surface area contributed by atoms with Gasteiger partial charge in [-0.25, -0.2) is 4.39 Å². The molecule has 2 aromatic rings. The number of hydrogen-bond donors (Lipinski definition) is 2. The maximum Gasteiger partial charge on any atom is 0.191 e. The summed E-state index contributed by atoms with van der Waals surface area (Å²) in [6.45, 7) is 2.92. The number of rotatable bonds is 4. The lowest BCUT2D eigenvalue weighted by Gasteiger charge is -2.12. The summed E-state index contributed by atoms with van der Waals surface area (Å²) in [6, 6.07) is 14.5. The maximum atomic E-state index is 13.2. The maximum absolute atomic E-state index is 13.2. The molecule has 2 rings (SSSR count). The van der Waals surface area contributed by atoms with E-state index in [2.05, 4.69) is 21.7 Å². The zero-order valence-electron chi connectivity index (χ0n) is 13.2. The first kappa shape index (κ1) is 16.5. The van der Waals surface area contributed by atoms with E-state index in [0.717, 1.165) is 11.1 Å². The third kappa shape index (κ3) is 4.82. The van der Waals surface area contributed by atoms with E-state index in [-0.39, 0.29) is 5.82 Å². The summed E-state index contributed by atoms with van der Waals surface area (Å²) in [5, 5.41) is 15.2. The van der Waals surface area contributed by atoms with E-state index in [1.807, 2.05) is 18.2 Å². The number of aliphatic imine (C=N–C) groups is 1. The van der Waals surface area contributed by atoms with Gasteiger partial charge in [0.05, 0.1) is 11.6 Å². The van der Waals surface area contributed by atoms with Crippen LogP contribution in [0.4, 0.5) is 4.39 Å². The number of halogens is 1.